The number of amides is 3. The Kier molecular flexibility index (Phi) is 11.6. The molecule has 1 heterocycles. The van der Waals surface area contributed by atoms with Crippen molar-refractivity contribution in [2.24, 2.45) is 0 Å². The number of hydrogen-bond acceptors (Lipinski definition) is 7. The topological polar surface area (TPSA) is 109 Å². The number of anilines is 2. The number of carbonyl (C=O) groups is 3. The number of hydrogen-bond donors (Lipinski definition) is 3. The molecule has 0 saturated carbocycles. The van der Waals surface area contributed by atoms with Crippen molar-refractivity contribution in [3.8, 4) is 17.0 Å². The van der Waals surface area contributed by atoms with Crippen LogP contribution in [0.3, 0.4) is 0 Å². The smallest absolute Gasteiger partial charge is 0.272 e. The van der Waals surface area contributed by atoms with E-state index in [-0.39, 0.29) is 11.6 Å². The predicted octanol–water partition coefficient (Wildman–Crippen LogP) is 9.35. The molecule has 0 spiro atoms. The fourth-order valence-corrected chi connectivity index (χ4v) is 6.97. The number of ether oxygens (including phenoxy) is 1. The molecule has 8 nitrogen and oxygen atoms in total. The minimum absolute atomic E-state index is 0.00834. The molecule has 0 saturated heterocycles. The van der Waals surface area contributed by atoms with Crippen LogP contribution in [0.25, 0.3) is 17.3 Å². The zero-order valence-electron chi connectivity index (χ0n) is 27.2. The van der Waals surface area contributed by atoms with E-state index in [0.29, 0.717) is 27.0 Å². The van der Waals surface area contributed by atoms with Gasteiger partial charge in [-0.05, 0) is 77.9 Å². The highest BCUT2D eigenvalue weighted by atomic mass is 35.5. The summed E-state index contributed by atoms with van der Waals surface area (Å²) in [7, 11) is 1.62. The first kappa shape index (κ1) is 35.2. The number of benzene rings is 5. The molecule has 0 aliphatic rings. The molecule has 6 aromatic rings. The molecule has 5 aromatic carbocycles. The highest BCUT2D eigenvalue weighted by Gasteiger charge is 2.24. The molecule has 0 fully saturated rings. The van der Waals surface area contributed by atoms with Gasteiger partial charge < -0.3 is 20.7 Å². The second-order valence-corrected chi connectivity index (χ2v) is 13.5. The molecule has 6 rings (SSSR count). The first-order chi connectivity index (χ1) is 24.9. The number of thioether (sulfide) groups is 1. The Morgan fingerprint density at radius 2 is 1.53 bits per heavy atom. The van der Waals surface area contributed by atoms with Gasteiger partial charge in [-0.1, -0.05) is 84.4 Å². The van der Waals surface area contributed by atoms with E-state index in [1.165, 1.54) is 29.2 Å². The normalized spacial score (nSPS) is 11.7. The third-order valence-corrected chi connectivity index (χ3v) is 9.89. The monoisotopic (exact) mass is 730 g/mol. The second-order valence-electron chi connectivity index (χ2n) is 11.0. The van der Waals surface area contributed by atoms with Crippen LogP contribution >= 0.6 is 34.7 Å². The zero-order valence-corrected chi connectivity index (χ0v) is 29.6. The van der Waals surface area contributed by atoms with Gasteiger partial charge in [0.2, 0.25) is 5.91 Å². The largest absolute Gasteiger partial charge is 0.497 e. The molecule has 11 heteroatoms. The molecule has 0 aliphatic carbocycles. The maximum atomic E-state index is 13.8. The van der Waals surface area contributed by atoms with E-state index in [0.717, 1.165) is 27.5 Å². The van der Waals surface area contributed by atoms with Crippen molar-refractivity contribution < 1.29 is 19.1 Å². The molecule has 1 aromatic heterocycles. The van der Waals surface area contributed by atoms with Crippen LogP contribution in [0.5, 0.6) is 5.75 Å². The van der Waals surface area contributed by atoms with Crippen molar-refractivity contribution in [3.63, 3.8) is 0 Å². The average molecular weight is 731 g/mol. The number of halogens is 1. The lowest BCUT2D eigenvalue weighted by Gasteiger charge is -2.17. The molecule has 1 unspecified atom stereocenters. The third kappa shape index (κ3) is 9.31. The molecule has 0 radical (unpaired) electrons. The summed E-state index contributed by atoms with van der Waals surface area (Å²) >= 11 is 9.07. The number of carbonyl (C=O) groups excluding carboxylic acids is 3. The summed E-state index contributed by atoms with van der Waals surface area (Å²) in [5.41, 5.74) is 3.89. The van der Waals surface area contributed by atoms with Crippen LogP contribution < -0.4 is 20.7 Å². The van der Waals surface area contributed by atoms with Gasteiger partial charge in [0.1, 0.15) is 16.7 Å². The van der Waals surface area contributed by atoms with Crippen molar-refractivity contribution in [1.82, 2.24) is 10.3 Å². The quantitative estimate of drug-likeness (QED) is 0.0856. The van der Waals surface area contributed by atoms with Crippen molar-refractivity contribution >= 4 is 69.3 Å². The number of rotatable bonds is 12. The number of thiazole rings is 1. The van der Waals surface area contributed by atoms with E-state index in [1.807, 2.05) is 66.0 Å². The fourth-order valence-electron chi connectivity index (χ4n) is 4.97. The average Bonchev–Trinajstić information content (AvgIpc) is 3.63. The summed E-state index contributed by atoms with van der Waals surface area (Å²) in [5, 5.41) is 10.8. The Balaban J connectivity index is 1.20. The molecular formula is C40H31ClN4O4S2. The number of nitrogens with one attached hydrogen (secondary N) is 3. The minimum Gasteiger partial charge on any atom is -0.497 e. The van der Waals surface area contributed by atoms with Gasteiger partial charge >= 0.3 is 0 Å². The van der Waals surface area contributed by atoms with Gasteiger partial charge in [-0.15, -0.1) is 23.1 Å². The Morgan fingerprint density at radius 3 is 2.25 bits per heavy atom. The summed E-state index contributed by atoms with van der Waals surface area (Å²) in [6.07, 6.45) is 1.53. The SMILES string of the molecule is COc1ccc(-c2csc(NC(=O)C(Sc3cccc(NC(=O)/C(=C\c4ccccc4Cl)NC(=O)c4ccccc4)c3)c3ccccc3)n2)cc1. The van der Waals surface area contributed by atoms with Crippen molar-refractivity contribution in [2.45, 2.75) is 10.1 Å². The van der Waals surface area contributed by atoms with E-state index in [1.54, 1.807) is 79.9 Å². The highest BCUT2D eigenvalue weighted by Crippen LogP contribution is 2.38. The van der Waals surface area contributed by atoms with Gasteiger partial charge in [0, 0.05) is 32.1 Å². The second kappa shape index (κ2) is 16.8. The summed E-state index contributed by atoms with van der Waals surface area (Å²) in [4.78, 5) is 45.9. The lowest BCUT2D eigenvalue weighted by molar-refractivity contribution is -0.116. The van der Waals surface area contributed by atoms with Crippen LogP contribution in [0, 0.1) is 0 Å². The molecule has 1 atom stereocenters. The molecule has 3 N–H and O–H groups in total. The maximum Gasteiger partial charge on any atom is 0.272 e. The first-order valence-corrected chi connectivity index (χ1v) is 17.9. The van der Waals surface area contributed by atoms with Crippen molar-refractivity contribution in [1.29, 1.82) is 0 Å². The Hall–Kier alpha value is -5.68. The number of aromatic nitrogens is 1. The summed E-state index contributed by atoms with van der Waals surface area (Å²) in [6.45, 7) is 0. The standard InChI is InChI=1S/C40H31ClN4O4S2/c1-49-31-21-19-26(20-22-31)35-25-50-40(44-35)45-39(48)36(27-11-4-2-5-12-27)51-32-17-10-16-30(24-32)42-38(47)34(23-29-15-8-9-18-33(29)41)43-37(46)28-13-6-3-7-14-28/h2-25,36H,1H3,(H,42,47)(H,43,46)(H,44,45,48)/b34-23+. The lowest BCUT2D eigenvalue weighted by Crippen LogP contribution is -2.30. The van der Waals surface area contributed by atoms with Gasteiger partial charge in [0.15, 0.2) is 5.13 Å². The zero-order chi connectivity index (χ0) is 35.6. The number of methoxy groups -OCH3 is 1. The summed E-state index contributed by atoms with van der Waals surface area (Å²) in [6, 6.07) is 39.8. The molecule has 51 heavy (non-hydrogen) atoms. The number of nitrogens with zero attached hydrogens (tertiary/aromatic N) is 1. The van der Waals surface area contributed by atoms with Crippen molar-refractivity contribution in [2.75, 3.05) is 17.7 Å². The van der Waals surface area contributed by atoms with E-state index >= 15 is 0 Å². The van der Waals surface area contributed by atoms with Gasteiger partial charge in [-0.25, -0.2) is 4.98 Å². The van der Waals surface area contributed by atoms with E-state index in [4.69, 9.17) is 16.3 Å². The van der Waals surface area contributed by atoms with E-state index in [9.17, 15) is 14.4 Å². The van der Waals surface area contributed by atoms with Gasteiger partial charge in [-0.3, -0.25) is 14.4 Å². The van der Waals surface area contributed by atoms with E-state index < -0.39 is 17.1 Å². The summed E-state index contributed by atoms with van der Waals surface area (Å²) < 4.78 is 5.25. The van der Waals surface area contributed by atoms with Gasteiger partial charge in [-0.2, -0.15) is 0 Å². The Labute approximate surface area is 308 Å². The third-order valence-electron chi connectivity index (χ3n) is 7.54. The molecular weight excluding hydrogens is 700 g/mol. The predicted molar refractivity (Wildman–Crippen MR) is 206 cm³/mol. The van der Waals surface area contributed by atoms with Crippen LogP contribution in [-0.4, -0.2) is 29.8 Å². The molecule has 254 valence electrons. The van der Waals surface area contributed by atoms with Gasteiger partial charge in [0.25, 0.3) is 11.8 Å². The Bertz CT molecular complexity index is 2170. The molecule has 0 bridgehead atoms. The molecule has 3 amide bonds. The maximum absolute atomic E-state index is 13.8. The lowest BCUT2D eigenvalue weighted by atomic mass is 10.1. The van der Waals surface area contributed by atoms with Crippen LogP contribution in [0.15, 0.2) is 149 Å². The van der Waals surface area contributed by atoms with Gasteiger partial charge in [0.05, 0.1) is 12.8 Å². The van der Waals surface area contributed by atoms with E-state index in [2.05, 4.69) is 20.9 Å². The van der Waals surface area contributed by atoms with Crippen LogP contribution in [-0.2, 0) is 9.59 Å². The first-order valence-electron chi connectivity index (χ1n) is 15.7. The highest BCUT2D eigenvalue weighted by molar-refractivity contribution is 8.00. The van der Waals surface area contributed by atoms with Crippen LogP contribution in [0.1, 0.15) is 26.7 Å². The summed E-state index contributed by atoms with van der Waals surface area (Å²) in [5.74, 6) is -0.487. The van der Waals surface area contributed by atoms with Crippen LogP contribution in [0.2, 0.25) is 5.02 Å². The minimum atomic E-state index is -0.633. The Morgan fingerprint density at radius 1 is 0.824 bits per heavy atom. The fraction of sp³-hybridized carbons (Fsp3) is 0.0500. The van der Waals surface area contributed by atoms with Crippen molar-refractivity contribution in [3.05, 3.63) is 166 Å². The van der Waals surface area contributed by atoms with Crippen LogP contribution in [0.4, 0.5) is 10.8 Å². The molecule has 0 aliphatic heterocycles.